The van der Waals surface area contributed by atoms with E-state index in [1.54, 1.807) is 19.4 Å². The summed E-state index contributed by atoms with van der Waals surface area (Å²) in [7, 11) is 1.63. The Labute approximate surface area is 123 Å². The highest BCUT2D eigenvalue weighted by Gasteiger charge is 2.17. The molecule has 1 N–H and O–H groups in total. The Bertz CT molecular complexity index is 677. The average Bonchev–Trinajstić information content (AvgIpc) is 2.46. The van der Waals surface area contributed by atoms with Crippen LogP contribution in [0, 0.1) is 0 Å². The molecule has 1 aromatic heterocycles. The fourth-order valence-corrected chi connectivity index (χ4v) is 2.41. The van der Waals surface area contributed by atoms with Crippen molar-refractivity contribution in [1.82, 2.24) is 9.78 Å². The lowest BCUT2D eigenvalue weighted by molar-refractivity contribution is 0.406. The van der Waals surface area contributed by atoms with E-state index in [0.29, 0.717) is 12.6 Å². The maximum absolute atomic E-state index is 12.2. The first kappa shape index (κ1) is 13.7. The molecule has 0 aliphatic heterocycles. The van der Waals surface area contributed by atoms with Crippen LogP contribution >= 0.6 is 0 Å². The van der Waals surface area contributed by atoms with E-state index in [9.17, 15) is 4.79 Å². The number of nitrogens with zero attached hydrogens (tertiary/aromatic N) is 2. The lowest BCUT2D eigenvalue weighted by atomic mass is 9.93. The highest BCUT2D eigenvalue weighted by molar-refractivity contribution is 5.40. The molecule has 0 spiro atoms. The fourth-order valence-electron chi connectivity index (χ4n) is 2.41. The molecule has 0 atom stereocenters. The Hall–Kier alpha value is -2.30. The van der Waals surface area contributed by atoms with Gasteiger partial charge in [-0.05, 0) is 25.3 Å². The van der Waals surface area contributed by atoms with Crippen molar-refractivity contribution in [2.24, 2.45) is 0 Å². The van der Waals surface area contributed by atoms with E-state index in [4.69, 9.17) is 4.74 Å². The van der Waals surface area contributed by atoms with Gasteiger partial charge in [0.25, 0.3) is 5.56 Å². The third-order valence-electron chi connectivity index (χ3n) is 3.86. The zero-order valence-corrected chi connectivity index (χ0v) is 12.1. The van der Waals surface area contributed by atoms with Crippen LogP contribution in [0.4, 0.5) is 5.69 Å². The topological polar surface area (TPSA) is 56.1 Å². The third kappa shape index (κ3) is 3.07. The van der Waals surface area contributed by atoms with Crippen molar-refractivity contribution in [3.05, 3.63) is 52.4 Å². The number of hydrogen-bond donors (Lipinski definition) is 1. The van der Waals surface area contributed by atoms with Crippen LogP contribution in [-0.2, 0) is 6.54 Å². The van der Waals surface area contributed by atoms with Crippen molar-refractivity contribution < 1.29 is 4.74 Å². The number of ether oxygens (including phenoxy) is 1. The zero-order valence-electron chi connectivity index (χ0n) is 12.1. The Morgan fingerprint density at radius 2 is 2.19 bits per heavy atom. The van der Waals surface area contributed by atoms with Crippen molar-refractivity contribution in [2.75, 3.05) is 12.4 Å². The van der Waals surface area contributed by atoms with E-state index in [1.165, 1.54) is 23.9 Å². The first-order valence-corrected chi connectivity index (χ1v) is 7.22. The van der Waals surface area contributed by atoms with E-state index in [-0.39, 0.29) is 5.56 Å². The first-order valence-electron chi connectivity index (χ1n) is 7.22. The molecular weight excluding hydrogens is 266 g/mol. The highest BCUT2D eigenvalue weighted by atomic mass is 16.5. The summed E-state index contributed by atoms with van der Waals surface area (Å²) in [4.78, 5) is 12.2. The summed E-state index contributed by atoms with van der Waals surface area (Å²) in [5, 5.41) is 7.58. The normalized spacial score (nSPS) is 14.5. The van der Waals surface area contributed by atoms with E-state index in [0.717, 1.165) is 17.0 Å². The number of rotatable bonds is 5. The molecule has 0 amide bonds. The Kier molecular flexibility index (Phi) is 3.90. The van der Waals surface area contributed by atoms with E-state index in [2.05, 4.69) is 10.4 Å². The van der Waals surface area contributed by atoms with Gasteiger partial charge < -0.3 is 10.1 Å². The van der Waals surface area contributed by atoms with Crippen LogP contribution in [0.25, 0.3) is 0 Å². The molecule has 1 fully saturated rings. The molecule has 3 rings (SSSR count). The standard InChI is InChI=1S/C16H19N3O2/c1-21-15-8-3-2-5-12(15)11-19-16(20)9-14(10-17-19)18-13-6-4-7-13/h2-3,5,8-10,13,18H,4,6-7,11H2,1H3. The number of nitrogens with one attached hydrogen (secondary N) is 1. The SMILES string of the molecule is COc1ccccc1Cn1ncc(NC2CCC2)cc1=O. The van der Waals surface area contributed by atoms with E-state index >= 15 is 0 Å². The first-order chi connectivity index (χ1) is 10.3. The van der Waals surface area contributed by atoms with Gasteiger partial charge in [-0.3, -0.25) is 4.79 Å². The van der Waals surface area contributed by atoms with Gasteiger partial charge in [0.2, 0.25) is 0 Å². The summed E-state index contributed by atoms with van der Waals surface area (Å²) < 4.78 is 6.75. The van der Waals surface area contributed by atoms with Gasteiger partial charge in [-0.1, -0.05) is 18.2 Å². The van der Waals surface area contributed by atoms with E-state index < -0.39 is 0 Å². The number of para-hydroxylation sites is 1. The number of anilines is 1. The molecular formula is C16H19N3O2. The summed E-state index contributed by atoms with van der Waals surface area (Å²) in [5.41, 5.74) is 1.64. The van der Waals surface area contributed by atoms with Crippen LogP contribution in [-0.4, -0.2) is 22.9 Å². The minimum atomic E-state index is -0.106. The lowest BCUT2D eigenvalue weighted by Gasteiger charge is -2.27. The molecule has 1 saturated carbocycles. The predicted molar refractivity (Wildman–Crippen MR) is 81.9 cm³/mol. The Morgan fingerprint density at radius 3 is 2.86 bits per heavy atom. The minimum Gasteiger partial charge on any atom is -0.496 e. The molecule has 1 aliphatic carbocycles. The maximum atomic E-state index is 12.2. The third-order valence-corrected chi connectivity index (χ3v) is 3.86. The van der Waals surface area contributed by atoms with Crippen molar-refractivity contribution in [3.8, 4) is 5.75 Å². The van der Waals surface area contributed by atoms with Crippen LogP contribution in [0.2, 0.25) is 0 Å². The number of methoxy groups -OCH3 is 1. The smallest absolute Gasteiger partial charge is 0.269 e. The van der Waals surface area contributed by atoms with Crippen LogP contribution in [0.5, 0.6) is 5.75 Å². The van der Waals surface area contributed by atoms with Crippen molar-refractivity contribution >= 4 is 5.69 Å². The molecule has 5 heteroatoms. The Morgan fingerprint density at radius 1 is 1.38 bits per heavy atom. The molecule has 1 heterocycles. The predicted octanol–water partition coefficient (Wildman–Crippen LogP) is 2.26. The Balaban J connectivity index is 1.77. The largest absolute Gasteiger partial charge is 0.496 e. The fraction of sp³-hybridized carbons (Fsp3) is 0.375. The molecule has 0 saturated heterocycles. The molecule has 21 heavy (non-hydrogen) atoms. The summed E-state index contributed by atoms with van der Waals surface area (Å²) in [6, 6.07) is 9.76. The summed E-state index contributed by atoms with van der Waals surface area (Å²) in [6.07, 6.45) is 5.32. The molecule has 0 unspecified atom stereocenters. The van der Waals surface area contributed by atoms with Gasteiger partial charge in [0, 0.05) is 17.7 Å². The van der Waals surface area contributed by atoms with Crippen molar-refractivity contribution in [1.29, 1.82) is 0 Å². The molecule has 0 radical (unpaired) electrons. The van der Waals surface area contributed by atoms with Gasteiger partial charge in [-0.2, -0.15) is 5.10 Å². The number of hydrogen-bond acceptors (Lipinski definition) is 4. The second-order valence-electron chi connectivity index (χ2n) is 5.32. The van der Waals surface area contributed by atoms with Crippen LogP contribution in [0.3, 0.4) is 0 Å². The quantitative estimate of drug-likeness (QED) is 0.915. The molecule has 2 aromatic rings. The van der Waals surface area contributed by atoms with Gasteiger partial charge >= 0.3 is 0 Å². The second-order valence-corrected chi connectivity index (χ2v) is 5.32. The lowest BCUT2D eigenvalue weighted by Crippen LogP contribution is -2.29. The van der Waals surface area contributed by atoms with Crippen LogP contribution in [0.1, 0.15) is 24.8 Å². The minimum absolute atomic E-state index is 0.106. The second kappa shape index (κ2) is 5.99. The molecule has 1 aliphatic rings. The van der Waals surface area contributed by atoms with Crippen molar-refractivity contribution in [3.63, 3.8) is 0 Å². The molecule has 5 nitrogen and oxygen atoms in total. The van der Waals surface area contributed by atoms with Gasteiger partial charge in [0.1, 0.15) is 5.75 Å². The van der Waals surface area contributed by atoms with E-state index in [1.807, 2.05) is 24.3 Å². The number of benzene rings is 1. The monoisotopic (exact) mass is 285 g/mol. The summed E-state index contributed by atoms with van der Waals surface area (Å²) in [5.74, 6) is 0.767. The van der Waals surface area contributed by atoms with Gasteiger partial charge in [-0.25, -0.2) is 4.68 Å². The summed E-state index contributed by atoms with van der Waals surface area (Å²) >= 11 is 0. The molecule has 0 bridgehead atoms. The molecule has 1 aromatic carbocycles. The maximum Gasteiger partial charge on any atom is 0.269 e. The average molecular weight is 285 g/mol. The van der Waals surface area contributed by atoms with Gasteiger partial charge in [-0.15, -0.1) is 0 Å². The van der Waals surface area contributed by atoms with Gasteiger partial charge in [0.05, 0.1) is 25.5 Å². The molecule has 110 valence electrons. The number of aromatic nitrogens is 2. The highest BCUT2D eigenvalue weighted by Crippen LogP contribution is 2.22. The van der Waals surface area contributed by atoms with Gasteiger partial charge in [0.15, 0.2) is 0 Å². The summed E-state index contributed by atoms with van der Waals surface area (Å²) in [6.45, 7) is 0.409. The zero-order chi connectivity index (χ0) is 14.7. The van der Waals surface area contributed by atoms with Crippen LogP contribution < -0.4 is 15.6 Å². The van der Waals surface area contributed by atoms with Crippen LogP contribution in [0.15, 0.2) is 41.3 Å². The van der Waals surface area contributed by atoms with Crippen molar-refractivity contribution in [2.45, 2.75) is 31.8 Å².